The summed E-state index contributed by atoms with van der Waals surface area (Å²) in [6, 6.07) is 7.99. The van der Waals surface area contributed by atoms with Crippen molar-refractivity contribution in [3.63, 3.8) is 0 Å². The molecule has 0 aliphatic carbocycles. The fraction of sp³-hybridized carbons (Fsp3) is 0.143. The first-order chi connectivity index (χ1) is 10.2. The molecule has 0 spiro atoms. The lowest BCUT2D eigenvalue weighted by atomic mass is 10.2. The Labute approximate surface area is 125 Å². The molecule has 7 heteroatoms. The maximum atomic E-state index is 11.9. The van der Waals surface area contributed by atoms with Crippen molar-refractivity contribution in [2.45, 2.75) is 0 Å². The zero-order valence-electron chi connectivity index (χ0n) is 11.6. The highest BCUT2D eigenvalue weighted by molar-refractivity contribution is 7.14. The second-order valence-electron chi connectivity index (χ2n) is 4.43. The maximum absolute atomic E-state index is 11.9. The molecule has 21 heavy (non-hydrogen) atoms. The van der Waals surface area contributed by atoms with Crippen LogP contribution in [-0.2, 0) is 4.84 Å². The number of carbonyl (C=O) groups excluding carboxylic acids is 1. The molecule has 1 amide bonds. The largest absolute Gasteiger partial charge is 0.361 e. The number of fused-ring (bicyclic) bond motifs is 1. The standard InChI is InChI=1S/C14H14N4O2S/c1-18(20-2)13(19)12-8-21-14(17-12)16-10-3-4-11-9(7-10)5-6-15-11/h3-8,15H,1-2H3,(H,16,17). The number of hydrogen-bond donors (Lipinski definition) is 2. The van der Waals surface area contributed by atoms with E-state index >= 15 is 0 Å². The molecule has 0 saturated heterocycles. The number of aromatic nitrogens is 2. The van der Waals surface area contributed by atoms with E-state index in [9.17, 15) is 4.79 Å². The number of nitrogens with one attached hydrogen (secondary N) is 2. The minimum atomic E-state index is -0.275. The van der Waals surface area contributed by atoms with E-state index in [-0.39, 0.29) is 5.91 Å². The van der Waals surface area contributed by atoms with Crippen LogP contribution in [0.5, 0.6) is 0 Å². The summed E-state index contributed by atoms with van der Waals surface area (Å²) in [5.41, 5.74) is 2.36. The van der Waals surface area contributed by atoms with Gasteiger partial charge in [0, 0.05) is 35.2 Å². The summed E-state index contributed by atoms with van der Waals surface area (Å²) >= 11 is 1.37. The van der Waals surface area contributed by atoms with Crippen molar-refractivity contribution >= 4 is 39.0 Å². The molecule has 2 heterocycles. The Hall–Kier alpha value is -2.38. The predicted octanol–water partition coefficient (Wildman–Crippen LogP) is 3.00. The number of amides is 1. The maximum Gasteiger partial charge on any atom is 0.296 e. The monoisotopic (exact) mass is 302 g/mol. The summed E-state index contributed by atoms with van der Waals surface area (Å²) in [5, 5.41) is 7.83. The molecule has 2 N–H and O–H groups in total. The molecule has 3 rings (SSSR count). The number of nitrogens with zero attached hydrogens (tertiary/aromatic N) is 2. The predicted molar refractivity (Wildman–Crippen MR) is 82.8 cm³/mol. The zero-order valence-corrected chi connectivity index (χ0v) is 12.4. The van der Waals surface area contributed by atoms with Crippen molar-refractivity contribution in [2.24, 2.45) is 0 Å². The van der Waals surface area contributed by atoms with E-state index in [4.69, 9.17) is 4.84 Å². The minimum absolute atomic E-state index is 0.275. The second kappa shape index (κ2) is 5.55. The summed E-state index contributed by atoms with van der Waals surface area (Å²) in [7, 11) is 2.99. The van der Waals surface area contributed by atoms with Crippen LogP contribution in [0, 0.1) is 0 Å². The van der Waals surface area contributed by atoms with Gasteiger partial charge in [-0.1, -0.05) is 0 Å². The van der Waals surface area contributed by atoms with E-state index in [1.54, 1.807) is 12.4 Å². The van der Waals surface area contributed by atoms with Crippen molar-refractivity contribution in [1.29, 1.82) is 0 Å². The molecule has 0 aliphatic heterocycles. The van der Waals surface area contributed by atoms with Gasteiger partial charge in [0.1, 0.15) is 5.69 Å². The Bertz CT molecular complexity index is 780. The second-order valence-corrected chi connectivity index (χ2v) is 5.29. The average molecular weight is 302 g/mol. The number of hydroxylamine groups is 2. The van der Waals surface area contributed by atoms with E-state index in [1.165, 1.54) is 18.4 Å². The number of carbonyl (C=O) groups is 1. The van der Waals surface area contributed by atoms with Crippen LogP contribution in [-0.4, -0.2) is 35.1 Å². The third-order valence-electron chi connectivity index (χ3n) is 3.09. The van der Waals surface area contributed by atoms with Gasteiger partial charge < -0.3 is 10.3 Å². The Morgan fingerprint density at radius 1 is 1.43 bits per heavy atom. The van der Waals surface area contributed by atoms with Crippen LogP contribution < -0.4 is 5.32 Å². The Kier molecular flexibility index (Phi) is 3.59. The Morgan fingerprint density at radius 2 is 2.29 bits per heavy atom. The molecule has 108 valence electrons. The van der Waals surface area contributed by atoms with Crippen LogP contribution in [0.25, 0.3) is 10.9 Å². The molecule has 0 atom stereocenters. The molecule has 2 aromatic heterocycles. The van der Waals surface area contributed by atoms with Crippen LogP contribution >= 0.6 is 11.3 Å². The molecule has 6 nitrogen and oxygen atoms in total. The lowest BCUT2D eigenvalue weighted by molar-refractivity contribution is -0.0759. The number of anilines is 2. The number of H-pyrrole nitrogens is 1. The summed E-state index contributed by atoms with van der Waals surface area (Å²) in [6.45, 7) is 0. The number of hydrogen-bond acceptors (Lipinski definition) is 5. The molecule has 1 aromatic carbocycles. The third kappa shape index (κ3) is 2.74. The van der Waals surface area contributed by atoms with Gasteiger partial charge in [-0.25, -0.2) is 10.0 Å². The lowest BCUT2D eigenvalue weighted by Gasteiger charge is -2.11. The van der Waals surface area contributed by atoms with Crippen molar-refractivity contribution < 1.29 is 9.63 Å². The molecule has 0 fully saturated rings. The van der Waals surface area contributed by atoms with Crippen LogP contribution in [0.15, 0.2) is 35.8 Å². The first-order valence-electron chi connectivity index (χ1n) is 6.29. The Balaban J connectivity index is 1.79. The van der Waals surface area contributed by atoms with E-state index in [0.717, 1.165) is 21.7 Å². The normalized spacial score (nSPS) is 10.8. The van der Waals surface area contributed by atoms with Gasteiger partial charge in [0.15, 0.2) is 5.13 Å². The fourth-order valence-corrected chi connectivity index (χ4v) is 2.63. The highest BCUT2D eigenvalue weighted by Crippen LogP contribution is 2.24. The van der Waals surface area contributed by atoms with Gasteiger partial charge in [0.25, 0.3) is 5.91 Å². The van der Waals surface area contributed by atoms with Crippen LogP contribution in [0.1, 0.15) is 10.5 Å². The molecule has 0 aliphatic rings. The van der Waals surface area contributed by atoms with Gasteiger partial charge in [-0.3, -0.25) is 9.63 Å². The smallest absolute Gasteiger partial charge is 0.296 e. The van der Waals surface area contributed by atoms with Gasteiger partial charge in [-0.15, -0.1) is 11.3 Å². The quantitative estimate of drug-likeness (QED) is 0.727. The molecule has 3 aromatic rings. The zero-order chi connectivity index (χ0) is 14.8. The minimum Gasteiger partial charge on any atom is -0.361 e. The van der Waals surface area contributed by atoms with Crippen molar-refractivity contribution in [3.8, 4) is 0 Å². The Morgan fingerprint density at radius 3 is 3.10 bits per heavy atom. The highest BCUT2D eigenvalue weighted by Gasteiger charge is 2.15. The van der Waals surface area contributed by atoms with E-state index < -0.39 is 0 Å². The first-order valence-corrected chi connectivity index (χ1v) is 7.17. The van der Waals surface area contributed by atoms with Crippen LogP contribution in [0.2, 0.25) is 0 Å². The lowest BCUT2D eigenvalue weighted by Crippen LogP contribution is -2.25. The van der Waals surface area contributed by atoms with Gasteiger partial charge in [-0.2, -0.15) is 0 Å². The van der Waals surface area contributed by atoms with E-state index in [0.29, 0.717) is 10.8 Å². The highest BCUT2D eigenvalue weighted by atomic mass is 32.1. The van der Waals surface area contributed by atoms with Crippen LogP contribution in [0.3, 0.4) is 0 Å². The summed E-state index contributed by atoms with van der Waals surface area (Å²) in [4.78, 5) is 24.2. The topological polar surface area (TPSA) is 70.2 Å². The molecule has 0 radical (unpaired) electrons. The fourth-order valence-electron chi connectivity index (χ4n) is 1.93. The number of aromatic amines is 1. The molecular formula is C14H14N4O2S. The summed E-state index contributed by atoms with van der Waals surface area (Å²) in [5.74, 6) is -0.275. The number of benzene rings is 1. The van der Waals surface area contributed by atoms with Crippen molar-refractivity contribution in [3.05, 3.63) is 41.5 Å². The molecule has 0 unspecified atom stereocenters. The van der Waals surface area contributed by atoms with Crippen molar-refractivity contribution in [1.82, 2.24) is 15.0 Å². The van der Waals surface area contributed by atoms with Gasteiger partial charge >= 0.3 is 0 Å². The van der Waals surface area contributed by atoms with Gasteiger partial charge in [0.05, 0.1) is 7.11 Å². The number of thiazole rings is 1. The van der Waals surface area contributed by atoms with Crippen molar-refractivity contribution in [2.75, 3.05) is 19.5 Å². The average Bonchev–Trinajstić information content (AvgIpc) is 3.14. The van der Waals surface area contributed by atoms with Gasteiger partial charge in [0.2, 0.25) is 0 Å². The SMILES string of the molecule is CON(C)C(=O)c1csc(Nc2ccc3[nH]ccc3c2)n1. The molecular weight excluding hydrogens is 288 g/mol. The third-order valence-corrected chi connectivity index (χ3v) is 3.85. The summed E-state index contributed by atoms with van der Waals surface area (Å²) in [6.07, 6.45) is 1.90. The number of rotatable bonds is 4. The van der Waals surface area contributed by atoms with E-state index in [1.807, 2.05) is 30.5 Å². The first kappa shape index (κ1) is 13.6. The van der Waals surface area contributed by atoms with Crippen LogP contribution in [0.4, 0.5) is 10.8 Å². The molecule has 0 saturated carbocycles. The summed E-state index contributed by atoms with van der Waals surface area (Å²) < 4.78 is 0. The van der Waals surface area contributed by atoms with E-state index in [2.05, 4.69) is 15.3 Å². The van der Waals surface area contributed by atoms with Gasteiger partial charge in [-0.05, 0) is 24.3 Å². The molecule has 0 bridgehead atoms.